The molecular weight excluding hydrogens is 220 g/mol. The molecule has 88 valence electrons. The smallest absolute Gasteiger partial charge is 0.188 e. The second-order valence-electron chi connectivity index (χ2n) is 4.14. The molecule has 0 aliphatic heterocycles. The summed E-state index contributed by atoms with van der Waals surface area (Å²) in [7, 11) is 0. The van der Waals surface area contributed by atoms with Crippen molar-refractivity contribution in [1.82, 2.24) is 9.97 Å². The van der Waals surface area contributed by atoms with Crippen molar-refractivity contribution in [3.63, 3.8) is 0 Å². The van der Waals surface area contributed by atoms with E-state index >= 15 is 0 Å². The van der Waals surface area contributed by atoms with E-state index in [4.69, 9.17) is 0 Å². The highest BCUT2D eigenvalue weighted by atomic mass is 32.2. The van der Waals surface area contributed by atoms with Gasteiger partial charge in [0.25, 0.3) is 0 Å². The molecule has 0 aromatic carbocycles. The highest BCUT2D eigenvalue weighted by Crippen LogP contribution is 2.23. The quantitative estimate of drug-likeness (QED) is 0.597. The highest BCUT2D eigenvalue weighted by molar-refractivity contribution is 7.99. The van der Waals surface area contributed by atoms with Crippen LogP contribution in [-0.2, 0) is 4.79 Å². The first-order chi connectivity index (χ1) is 7.40. The van der Waals surface area contributed by atoms with E-state index in [-0.39, 0.29) is 11.0 Å². The molecule has 4 heteroatoms. The molecule has 0 amide bonds. The summed E-state index contributed by atoms with van der Waals surface area (Å²) in [5.74, 6) is 0.209. The Balaban J connectivity index is 2.78. The van der Waals surface area contributed by atoms with Gasteiger partial charge in [-0.2, -0.15) is 0 Å². The first-order valence-corrected chi connectivity index (χ1v) is 6.26. The summed E-state index contributed by atoms with van der Waals surface area (Å²) in [6.07, 6.45) is 0.569. The molecule has 1 atom stereocenters. The Morgan fingerprint density at radius 2 is 1.75 bits per heavy atom. The molecule has 0 fully saturated rings. The van der Waals surface area contributed by atoms with E-state index in [1.807, 2.05) is 27.7 Å². The van der Waals surface area contributed by atoms with E-state index in [0.29, 0.717) is 6.42 Å². The molecule has 0 bridgehead atoms. The van der Waals surface area contributed by atoms with Crippen LogP contribution in [0.15, 0.2) is 5.16 Å². The van der Waals surface area contributed by atoms with Crippen LogP contribution in [0.2, 0.25) is 0 Å². The summed E-state index contributed by atoms with van der Waals surface area (Å²) in [6.45, 7) is 9.65. The molecular formula is C12H18N2OS. The molecule has 16 heavy (non-hydrogen) atoms. The van der Waals surface area contributed by atoms with Gasteiger partial charge in [0.2, 0.25) is 0 Å². The molecule has 1 aromatic heterocycles. The summed E-state index contributed by atoms with van der Waals surface area (Å²) in [5, 5.41) is 1.01. The molecule has 0 aliphatic rings. The molecule has 0 aliphatic carbocycles. The maximum Gasteiger partial charge on any atom is 0.188 e. The van der Waals surface area contributed by atoms with Crippen molar-refractivity contribution in [2.24, 2.45) is 0 Å². The lowest BCUT2D eigenvalue weighted by molar-refractivity contribution is -0.116. The van der Waals surface area contributed by atoms with E-state index in [0.717, 1.165) is 22.1 Å². The molecule has 0 spiro atoms. The number of carbonyl (C=O) groups is 1. The normalized spacial score (nSPS) is 12.6. The van der Waals surface area contributed by atoms with Gasteiger partial charge in [0.15, 0.2) is 5.16 Å². The molecule has 0 saturated carbocycles. The number of thioether (sulfide) groups is 1. The van der Waals surface area contributed by atoms with Crippen LogP contribution in [0.5, 0.6) is 0 Å². The van der Waals surface area contributed by atoms with Crippen LogP contribution in [0.4, 0.5) is 0 Å². The largest absolute Gasteiger partial charge is 0.300 e. The van der Waals surface area contributed by atoms with Gasteiger partial charge >= 0.3 is 0 Å². The topological polar surface area (TPSA) is 42.9 Å². The van der Waals surface area contributed by atoms with E-state index in [1.165, 1.54) is 0 Å². The Morgan fingerprint density at radius 1 is 1.25 bits per heavy atom. The number of hydrogen-bond donors (Lipinski definition) is 0. The van der Waals surface area contributed by atoms with Crippen LogP contribution in [0.25, 0.3) is 0 Å². The van der Waals surface area contributed by atoms with Crippen LogP contribution in [-0.4, -0.2) is 21.0 Å². The number of hydrogen-bond acceptors (Lipinski definition) is 4. The third-order valence-electron chi connectivity index (χ3n) is 2.49. The van der Waals surface area contributed by atoms with Crippen molar-refractivity contribution in [2.45, 2.75) is 51.4 Å². The van der Waals surface area contributed by atoms with Crippen LogP contribution >= 0.6 is 11.8 Å². The zero-order valence-electron chi connectivity index (χ0n) is 10.5. The number of nitrogens with zero attached hydrogens (tertiary/aromatic N) is 2. The van der Waals surface area contributed by atoms with Crippen LogP contribution in [0.3, 0.4) is 0 Å². The van der Waals surface area contributed by atoms with Crippen molar-refractivity contribution >= 4 is 17.5 Å². The number of carbonyl (C=O) groups excluding carboxylic acids is 1. The number of rotatable bonds is 4. The second kappa shape index (κ2) is 5.43. The summed E-state index contributed by atoms with van der Waals surface area (Å²) < 4.78 is 0. The lowest BCUT2D eigenvalue weighted by Crippen LogP contribution is -2.06. The van der Waals surface area contributed by atoms with Gasteiger partial charge in [-0.3, -0.25) is 4.79 Å². The maximum atomic E-state index is 11.0. The maximum absolute atomic E-state index is 11.0. The van der Waals surface area contributed by atoms with E-state index in [1.54, 1.807) is 18.7 Å². The van der Waals surface area contributed by atoms with Crippen molar-refractivity contribution in [3.8, 4) is 0 Å². The number of Topliss-reactive ketones (excluding diaryl/α,β-unsaturated/α-hetero) is 1. The van der Waals surface area contributed by atoms with Gasteiger partial charge in [-0.1, -0.05) is 18.7 Å². The predicted octanol–water partition coefficient (Wildman–Crippen LogP) is 2.86. The second-order valence-corrected chi connectivity index (χ2v) is 5.54. The average Bonchev–Trinajstić information content (AvgIpc) is 2.12. The third-order valence-corrected chi connectivity index (χ3v) is 3.46. The highest BCUT2D eigenvalue weighted by Gasteiger charge is 2.11. The predicted molar refractivity (Wildman–Crippen MR) is 66.9 cm³/mol. The van der Waals surface area contributed by atoms with Gasteiger partial charge in [-0.25, -0.2) is 9.97 Å². The molecule has 1 rings (SSSR count). The first-order valence-electron chi connectivity index (χ1n) is 5.38. The lowest BCUT2D eigenvalue weighted by Gasteiger charge is -2.10. The van der Waals surface area contributed by atoms with Crippen molar-refractivity contribution in [1.29, 1.82) is 0 Å². The number of ketones is 1. The zero-order valence-corrected chi connectivity index (χ0v) is 11.3. The van der Waals surface area contributed by atoms with Crippen LogP contribution in [0.1, 0.15) is 37.2 Å². The molecule has 0 N–H and O–H groups in total. The van der Waals surface area contributed by atoms with E-state index < -0.39 is 0 Å². The Kier molecular flexibility index (Phi) is 4.47. The van der Waals surface area contributed by atoms with Gasteiger partial charge < -0.3 is 0 Å². The van der Waals surface area contributed by atoms with Gasteiger partial charge in [0.1, 0.15) is 5.78 Å². The minimum Gasteiger partial charge on any atom is -0.300 e. The molecule has 1 unspecified atom stereocenters. The monoisotopic (exact) mass is 238 g/mol. The molecule has 0 saturated heterocycles. The SMILES string of the molecule is CC(=O)CC(C)Sc1nc(C)c(C)c(C)n1. The summed E-state index contributed by atoms with van der Waals surface area (Å²) in [4.78, 5) is 19.8. The molecule has 1 heterocycles. The molecule has 3 nitrogen and oxygen atoms in total. The van der Waals surface area contributed by atoms with Gasteiger partial charge in [0, 0.05) is 23.1 Å². The van der Waals surface area contributed by atoms with Crippen molar-refractivity contribution in [2.75, 3.05) is 0 Å². The minimum atomic E-state index is 0.209. The summed E-state index contributed by atoms with van der Waals surface area (Å²) >= 11 is 1.57. The van der Waals surface area contributed by atoms with Gasteiger partial charge in [0.05, 0.1) is 0 Å². The van der Waals surface area contributed by atoms with E-state index in [9.17, 15) is 4.79 Å². The Hall–Kier alpha value is -0.900. The molecule has 1 aromatic rings. The fraction of sp³-hybridized carbons (Fsp3) is 0.583. The van der Waals surface area contributed by atoms with Crippen LogP contribution in [0, 0.1) is 20.8 Å². The first kappa shape index (κ1) is 13.2. The van der Waals surface area contributed by atoms with Crippen molar-refractivity contribution in [3.05, 3.63) is 17.0 Å². The van der Waals surface area contributed by atoms with Gasteiger partial charge in [-0.15, -0.1) is 0 Å². The van der Waals surface area contributed by atoms with E-state index in [2.05, 4.69) is 9.97 Å². The number of aryl methyl sites for hydroxylation is 2. The molecule has 0 radical (unpaired) electrons. The zero-order chi connectivity index (χ0) is 12.3. The Labute approximate surface area is 101 Å². The fourth-order valence-corrected chi connectivity index (χ4v) is 2.48. The average molecular weight is 238 g/mol. The standard InChI is InChI=1S/C12H18N2OS/c1-7(15)6-8(2)16-12-13-10(4)9(3)11(5)14-12/h8H,6H2,1-5H3. The fourth-order valence-electron chi connectivity index (χ4n) is 1.42. The lowest BCUT2D eigenvalue weighted by atomic mass is 10.2. The number of aromatic nitrogens is 2. The van der Waals surface area contributed by atoms with Crippen molar-refractivity contribution < 1.29 is 4.79 Å². The Morgan fingerprint density at radius 3 is 2.19 bits per heavy atom. The summed E-state index contributed by atoms with van der Waals surface area (Å²) in [5.41, 5.74) is 3.18. The minimum absolute atomic E-state index is 0.209. The Bertz CT molecular complexity index is 381. The third kappa shape index (κ3) is 3.59. The summed E-state index contributed by atoms with van der Waals surface area (Å²) in [6, 6.07) is 0. The van der Waals surface area contributed by atoms with Crippen LogP contribution < -0.4 is 0 Å². The van der Waals surface area contributed by atoms with Gasteiger partial charge in [-0.05, 0) is 33.3 Å².